The third-order valence-electron chi connectivity index (χ3n) is 5.97. The fourth-order valence-electron chi connectivity index (χ4n) is 4.34. The molecule has 3 aromatic carbocycles. The van der Waals surface area contributed by atoms with Crippen LogP contribution in [0, 0.1) is 17.8 Å². The predicted molar refractivity (Wildman–Crippen MR) is 120 cm³/mol. The van der Waals surface area contributed by atoms with Crippen LogP contribution in [0.2, 0.25) is 5.02 Å². The Morgan fingerprint density at radius 2 is 1.48 bits per heavy atom. The first-order chi connectivity index (χ1) is 15.0. The van der Waals surface area contributed by atoms with Crippen molar-refractivity contribution in [2.45, 2.75) is 12.8 Å². The van der Waals surface area contributed by atoms with Crippen molar-refractivity contribution in [1.29, 1.82) is 0 Å². The smallest absolute Gasteiger partial charge is 0.307 e. The summed E-state index contributed by atoms with van der Waals surface area (Å²) in [6.07, 6.45) is 1.21. The summed E-state index contributed by atoms with van der Waals surface area (Å²) < 4.78 is 5.79. The molecular formula is C26H23ClO4. The molecular weight excluding hydrogens is 412 g/mol. The summed E-state index contributed by atoms with van der Waals surface area (Å²) >= 11 is 5.95. The Labute approximate surface area is 186 Å². The normalized spacial score (nSPS) is 20.4. The fraction of sp³-hybridized carbons (Fsp3) is 0.231. The Kier molecular flexibility index (Phi) is 6.38. The van der Waals surface area contributed by atoms with Crippen LogP contribution in [-0.4, -0.2) is 23.5 Å². The Bertz CT molecular complexity index is 1050. The van der Waals surface area contributed by atoms with Crippen molar-refractivity contribution in [3.63, 3.8) is 0 Å². The van der Waals surface area contributed by atoms with Crippen molar-refractivity contribution in [3.05, 3.63) is 89.4 Å². The van der Waals surface area contributed by atoms with Gasteiger partial charge in [-0.1, -0.05) is 66.2 Å². The van der Waals surface area contributed by atoms with E-state index in [2.05, 4.69) is 0 Å². The van der Waals surface area contributed by atoms with E-state index in [1.807, 2.05) is 66.7 Å². The van der Waals surface area contributed by atoms with Gasteiger partial charge in [-0.2, -0.15) is 0 Å². The van der Waals surface area contributed by atoms with Crippen molar-refractivity contribution in [2.75, 3.05) is 6.61 Å². The Balaban J connectivity index is 1.46. The number of aliphatic carboxylic acids is 1. The number of rotatable bonds is 7. The third kappa shape index (κ3) is 4.80. The molecule has 1 aliphatic rings. The van der Waals surface area contributed by atoms with E-state index in [4.69, 9.17) is 16.3 Å². The van der Waals surface area contributed by atoms with E-state index in [1.165, 1.54) is 0 Å². The number of carbonyl (C=O) groups excluding carboxylic acids is 1. The molecule has 1 aliphatic carbocycles. The maximum atomic E-state index is 13.2. The highest BCUT2D eigenvalue weighted by Crippen LogP contribution is 2.40. The van der Waals surface area contributed by atoms with Crippen LogP contribution in [0.15, 0.2) is 78.9 Å². The van der Waals surface area contributed by atoms with E-state index in [9.17, 15) is 14.7 Å². The second kappa shape index (κ2) is 9.36. The molecule has 158 valence electrons. The maximum absolute atomic E-state index is 13.2. The summed E-state index contributed by atoms with van der Waals surface area (Å²) in [5, 5.41) is 10.5. The van der Waals surface area contributed by atoms with Crippen molar-refractivity contribution < 1.29 is 19.4 Å². The molecule has 4 nitrogen and oxygen atoms in total. The topological polar surface area (TPSA) is 63.6 Å². The number of hydrogen-bond acceptors (Lipinski definition) is 3. The molecule has 0 aliphatic heterocycles. The highest BCUT2D eigenvalue weighted by Gasteiger charge is 2.45. The van der Waals surface area contributed by atoms with Crippen LogP contribution in [0.3, 0.4) is 0 Å². The monoisotopic (exact) mass is 434 g/mol. The predicted octanol–water partition coefficient (Wildman–Crippen LogP) is 6.00. The number of benzene rings is 3. The van der Waals surface area contributed by atoms with E-state index in [0.717, 1.165) is 11.1 Å². The van der Waals surface area contributed by atoms with E-state index in [0.29, 0.717) is 35.8 Å². The highest BCUT2D eigenvalue weighted by atomic mass is 35.5. The summed E-state index contributed by atoms with van der Waals surface area (Å²) in [5.74, 6) is -1.82. The van der Waals surface area contributed by atoms with Crippen LogP contribution < -0.4 is 4.74 Å². The van der Waals surface area contributed by atoms with Gasteiger partial charge in [0.25, 0.3) is 0 Å². The van der Waals surface area contributed by atoms with Gasteiger partial charge >= 0.3 is 5.97 Å². The van der Waals surface area contributed by atoms with Crippen LogP contribution in [0.25, 0.3) is 11.1 Å². The summed E-state index contributed by atoms with van der Waals surface area (Å²) in [6.45, 7) is 0.292. The summed E-state index contributed by atoms with van der Waals surface area (Å²) in [4.78, 5) is 25.2. The molecule has 0 aromatic heterocycles. The highest BCUT2D eigenvalue weighted by molar-refractivity contribution is 6.30. The van der Waals surface area contributed by atoms with Crippen LogP contribution >= 0.6 is 11.6 Å². The van der Waals surface area contributed by atoms with E-state index in [1.54, 1.807) is 12.1 Å². The van der Waals surface area contributed by atoms with Gasteiger partial charge < -0.3 is 9.84 Å². The van der Waals surface area contributed by atoms with E-state index < -0.39 is 17.8 Å². The van der Waals surface area contributed by atoms with Gasteiger partial charge in [-0.15, -0.1) is 0 Å². The third-order valence-corrected chi connectivity index (χ3v) is 6.22. The van der Waals surface area contributed by atoms with Gasteiger partial charge in [0.15, 0.2) is 5.78 Å². The molecule has 1 saturated carbocycles. The van der Waals surface area contributed by atoms with Gasteiger partial charge in [0, 0.05) is 22.4 Å². The molecule has 1 N–H and O–H groups in total. The molecule has 4 rings (SSSR count). The van der Waals surface area contributed by atoms with Gasteiger partial charge in [-0.05, 0) is 48.2 Å². The number of ketones is 1. The fourth-order valence-corrected chi connectivity index (χ4v) is 4.47. The number of hydrogen-bond donors (Lipinski definition) is 1. The molecule has 3 unspecified atom stereocenters. The molecule has 0 amide bonds. The van der Waals surface area contributed by atoms with E-state index >= 15 is 0 Å². The van der Waals surface area contributed by atoms with E-state index in [-0.39, 0.29) is 11.7 Å². The summed E-state index contributed by atoms with van der Waals surface area (Å²) in [7, 11) is 0. The lowest BCUT2D eigenvalue weighted by Gasteiger charge is -2.21. The van der Waals surface area contributed by atoms with Gasteiger partial charge in [-0.3, -0.25) is 9.59 Å². The Morgan fingerprint density at radius 1 is 0.871 bits per heavy atom. The maximum Gasteiger partial charge on any atom is 0.307 e. The van der Waals surface area contributed by atoms with Gasteiger partial charge in [0.2, 0.25) is 0 Å². The summed E-state index contributed by atoms with van der Waals surface area (Å²) in [6, 6.07) is 24.2. The van der Waals surface area contributed by atoms with Gasteiger partial charge in [0.05, 0.1) is 12.5 Å². The first-order valence-corrected chi connectivity index (χ1v) is 10.7. The SMILES string of the molecule is O=C(c1ccc(-c2ccc(Cl)cc2)cc1)C1CCC(COc2ccccc2)C1C(=O)O. The summed E-state index contributed by atoms with van der Waals surface area (Å²) in [5.41, 5.74) is 2.52. The molecule has 5 heteroatoms. The second-order valence-electron chi connectivity index (χ2n) is 7.88. The lowest BCUT2D eigenvalue weighted by Crippen LogP contribution is -2.32. The first kappa shape index (κ1) is 21.1. The van der Waals surface area contributed by atoms with Crippen LogP contribution in [-0.2, 0) is 4.79 Å². The minimum atomic E-state index is -0.935. The average molecular weight is 435 g/mol. The molecule has 31 heavy (non-hydrogen) atoms. The number of ether oxygens (including phenoxy) is 1. The number of carbonyl (C=O) groups is 2. The average Bonchev–Trinajstić information content (AvgIpc) is 3.23. The van der Waals surface area contributed by atoms with Crippen LogP contribution in [0.5, 0.6) is 5.75 Å². The lowest BCUT2D eigenvalue weighted by molar-refractivity contribution is -0.144. The van der Waals surface area contributed by atoms with Gasteiger partial charge in [-0.25, -0.2) is 0 Å². The lowest BCUT2D eigenvalue weighted by atomic mass is 9.84. The van der Waals surface area contributed by atoms with Gasteiger partial charge in [0.1, 0.15) is 5.75 Å². The molecule has 3 aromatic rings. The number of para-hydroxylation sites is 1. The number of halogens is 1. The molecule has 0 spiro atoms. The first-order valence-electron chi connectivity index (χ1n) is 10.3. The second-order valence-corrected chi connectivity index (χ2v) is 8.32. The number of Topliss-reactive ketones (excluding diaryl/α,β-unsaturated/α-hetero) is 1. The zero-order valence-electron chi connectivity index (χ0n) is 16.9. The zero-order valence-corrected chi connectivity index (χ0v) is 17.7. The number of carboxylic acid groups (broad SMARTS) is 1. The van der Waals surface area contributed by atoms with Crippen molar-refractivity contribution in [3.8, 4) is 16.9 Å². The molecule has 0 radical (unpaired) electrons. The standard InChI is InChI=1S/C26H23ClO4/c27-21-13-10-18(11-14-21)17-6-8-19(9-7-17)25(28)23-15-12-20(24(23)26(29)30)16-31-22-4-2-1-3-5-22/h1-11,13-14,20,23-24H,12,15-16H2,(H,29,30). The minimum absolute atomic E-state index is 0.114. The molecule has 0 bridgehead atoms. The van der Waals surface area contributed by atoms with Crippen molar-refractivity contribution in [1.82, 2.24) is 0 Å². The molecule has 0 heterocycles. The van der Waals surface area contributed by atoms with Crippen molar-refractivity contribution in [2.24, 2.45) is 17.8 Å². The molecule has 0 saturated heterocycles. The van der Waals surface area contributed by atoms with Crippen molar-refractivity contribution >= 4 is 23.4 Å². The largest absolute Gasteiger partial charge is 0.493 e. The zero-order chi connectivity index (χ0) is 21.8. The quantitative estimate of drug-likeness (QED) is 0.463. The molecule has 3 atom stereocenters. The minimum Gasteiger partial charge on any atom is -0.493 e. The Morgan fingerprint density at radius 3 is 2.10 bits per heavy atom. The Hall–Kier alpha value is -3.11. The van der Waals surface area contributed by atoms with Crippen LogP contribution in [0.1, 0.15) is 23.2 Å². The van der Waals surface area contributed by atoms with Crippen LogP contribution in [0.4, 0.5) is 0 Å². The number of carboxylic acids is 1. The molecule has 1 fully saturated rings.